The van der Waals surface area contributed by atoms with Crippen LogP contribution in [0.3, 0.4) is 0 Å². The number of nitrogens with one attached hydrogen (secondary N) is 2. The van der Waals surface area contributed by atoms with Gasteiger partial charge in [0.25, 0.3) is 0 Å². The van der Waals surface area contributed by atoms with Crippen LogP contribution in [0.25, 0.3) is 11.0 Å². The number of aromatic nitrogens is 4. The molecule has 8 heteroatoms. The predicted molar refractivity (Wildman–Crippen MR) is 92.2 cm³/mol. The van der Waals surface area contributed by atoms with Crippen molar-refractivity contribution in [2.45, 2.75) is 6.54 Å². The van der Waals surface area contributed by atoms with Crippen molar-refractivity contribution in [3.63, 3.8) is 0 Å². The first-order chi connectivity index (χ1) is 11.7. The Labute approximate surface area is 139 Å². The van der Waals surface area contributed by atoms with E-state index in [1.54, 1.807) is 18.0 Å². The maximum Gasteiger partial charge on any atom is 0.226 e. The summed E-state index contributed by atoms with van der Waals surface area (Å²) in [5, 5.41) is 20.4. The first-order valence-corrected chi connectivity index (χ1v) is 7.63. The topological polar surface area (TPSA) is 97.1 Å². The number of para-hydroxylation sites is 1. The average molecular weight is 328 g/mol. The van der Waals surface area contributed by atoms with E-state index in [-0.39, 0.29) is 6.61 Å². The Morgan fingerprint density at radius 2 is 2.04 bits per heavy atom. The zero-order chi connectivity index (χ0) is 16.9. The van der Waals surface area contributed by atoms with Crippen molar-refractivity contribution < 1.29 is 9.84 Å². The van der Waals surface area contributed by atoms with Gasteiger partial charge >= 0.3 is 0 Å². The van der Waals surface area contributed by atoms with Gasteiger partial charge in [0.15, 0.2) is 5.65 Å². The summed E-state index contributed by atoms with van der Waals surface area (Å²) in [6.45, 7) is 0.955. The Balaban J connectivity index is 1.90. The minimum absolute atomic E-state index is 0.0107. The minimum atomic E-state index is 0.0107. The normalized spacial score (nSPS) is 10.8. The van der Waals surface area contributed by atoms with Gasteiger partial charge in [-0.1, -0.05) is 18.2 Å². The lowest BCUT2D eigenvalue weighted by atomic mass is 10.2. The molecule has 0 aliphatic heterocycles. The highest BCUT2D eigenvalue weighted by molar-refractivity contribution is 5.87. The highest BCUT2D eigenvalue weighted by atomic mass is 16.5. The second-order valence-corrected chi connectivity index (χ2v) is 5.22. The Morgan fingerprint density at radius 1 is 1.21 bits per heavy atom. The lowest BCUT2D eigenvalue weighted by molar-refractivity contribution is 0.311. The van der Waals surface area contributed by atoms with Crippen LogP contribution in [0, 0.1) is 0 Å². The number of fused-ring (bicyclic) bond motifs is 1. The number of methoxy groups -OCH3 is 1. The van der Waals surface area contributed by atoms with Crippen LogP contribution in [0.1, 0.15) is 5.56 Å². The number of hydrogen-bond acceptors (Lipinski definition) is 7. The largest absolute Gasteiger partial charge is 0.496 e. The fourth-order valence-corrected chi connectivity index (χ4v) is 2.43. The summed E-state index contributed by atoms with van der Waals surface area (Å²) in [5.74, 6) is 1.95. The molecule has 0 amide bonds. The number of anilines is 2. The summed E-state index contributed by atoms with van der Waals surface area (Å²) >= 11 is 0. The van der Waals surface area contributed by atoms with E-state index in [2.05, 4.69) is 25.7 Å². The van der Waals surface area contributed by atoms with Gasteiger partial charge in [-0.2, -0.15) is 15.1 Å². The Morgan fingerprint density at radius 3 is 2.83 bits per heavy atom. The van der Waals surface area contributed by atoms with E-state index in [0.29, 0.717) is 30.5 Å². The van der Waals surface area contributed by atoms with Crippen molar-refractivity contribution in [1.29, 1.82) is 0 Å². The van der Waals surface area contributed by atoms with E-state index in [4.69, 9.17) is 9.84 Å². The molecule has 0 radical (unpaired) electrons. The number of aryl methyl sites for hydroxylation is 1. The highest BCUT2D eigenvalue weighted by Crippen LogP contribution is 2.24. The summed E-state index contributed by atoms with van der Waals surface area (Å²) < 4.78 is 7.06. The Bertz CT molecular complexity index is 833. The molecule has 0 aliphatic carbocycles. The maximum absolute atomic E-state index is 8.97. The molecular formula is C16H20N6O2. The lowest BCUT2D eigenvalue weighted by Gasteiger charge is -2.12. The van der Waals surface area contributed by atoms with Crippen molar-refractivity contribution in [1.82, 2.24) is 19.7 Å². The molecule has 3 N–H and O–H groups in total. The molecule has 8 nitrogen and oxygen atoms in total. The van der Waals surface area contributed by atoms with Gasteiger partial charge in [0.05, 0.1) is 25.3 Å². The molecule has 24 heavy (non-hydrogen) atoms. The molecule has 0 spiro atoms. The van der Waals surface area contributed by atoms with Crippen molar-refractivity contribution >= 4 is 22.8 Å². The summed E-state index contributed by atoms with van der Waals surface area (Å²) in [5.41, 5.74) is 1.74. The van der Waals surface area contributed by atoms with E-state index >= 15 is 0 Å². The molecule has 0 atom stereocenters. The van der Waals surface area contributed by atoms with Crippen molar-refractivity contribution in [3.8, 4) is 5.75 Å². The molecule has 0 fully saturated rings. The summed E-state index contributed by atoms with van der Waals surface area (Å²) in [6, 6.07) is 7.82. The number of benzene rings is 1. The van der Waals surface area contributed by atoms with Crippen LogP contribution in [0.15, 0.2) is 30.5 Å². The van der Waals surface area contributed by atoms with Gasteiger partial charge in [-0.05, 0) is 6.07 Å². The van der Waals surface area contributed by atoms with E-state index in [1.807, 2.05) is 31.3 Å². The number of aliphatic hydroxyl groups is 1. The van der Waals surface area contributed by atoms with Gasteiger partial charge < -0.3 is 20.5 Å². The molecular weight excluding hydrogens is 308 g/mol. The van der Waals surface area contributed by atoms with Crippen LogP contribution in [-0.4, -0.2) is 45.1 Å². The Kier molecular flexibility index (Phi) is 4.76. The zero-order valence-corrected chi connectivity index (χ0v) is 13.7. The molecule has 0 saturated heterocycles. The third-order valence-electron chi connectivity index (χ3n) is 3.63. The van der Waals surface area contributed by atoms with Gasteiger partial charge in [-0.15, -0.1) is 0 Å². The number of rotatable bonds is 7. The molecule has 2 heterocycles. The first kappa shape index (κ1) is 16.0. The van der Waals surface area contributed by atoms with Crippen LogP contribution in [0.5, 0.6) is 5.75 Å². The average Bonchev–Trinajstić information content (AvgIpc) is 2.99. The third-order valence-corrected chi connectivity index (χ3v) is 3.63. The van der Waals surface area contributed by atoms with E-state index in [0.717, 1.165) is 16.7 Å². The predicted octanol–water partition coefficient (Wildman–Crippen LogP) is 1.39. The second kappa shape index (κ2) is 7.14. The molecule has 0 aliphatic rings. The highest BCUT2D eigenvalue weighted by Gasteiger charge is 2.12. The lowest BCUT2D eigenvalue weighted by Crippen LogP contribution is -2.11. The fraction of sp³-hybridized carbons (Fsp3) is 0.312. The minimum Gasteiger partial charge on any atom is -0.496 e. The van der Waals surface area contributed by atoms with Crippen LogP contribution in [0.2, 0.25) is 0 Å². The Hall–Kier alpha value is -2.87. The number of ether oxygens (including phenoxy) is 1. The molecule has 3 aromatic rings. The van der Waals surface area contributed by atoms with Crippen LogP contribution in [0.4, 0.5) is 11.8 Å². The van der Waals surface area contributed by atoms with E-state index in [1.165, 1.54) is 0 Å². The molecule has 0 unspecified atom stereocenters. The third kappa shape index (κ3) is 3.23. The quantitative estimate of drug-likeness (QED) is 0.603. The standard InChI is InChI=1S/C16H20N6O2/c1-22-15-12(10-19-22)14(20-16(21-15)17-7-8-23)18-9-11-5-3-4-6-13(11)24-2/h3-6,10,23H,7-9H2,1-2H3,(H2,17,18,20,21). The first-order valence-electron chi connectivity index (χ1n) is 7.63. The van der Waals surface area contributed by atoms with Gasteiger partial charge in [0, 0.05) is 25.7 Å². The molecule has 2 aromatic heterocycles. The fourth-order valence-electron chi connectivity index (χ4n) is 2.43. The number of hydrogen-bond donors (Lipinski definition) is 3. The van der Waals surface area contributed by atoms with Crippen LogP contribution >= 0.6 is 0 Å². The van der Waals surface area contributed by atoms with Gasteiger partial charge in [-0.25, -0.2) is 0 Å². The number of nitrogens with zero attached hydrogens (tertiary/aromatic N) is 4. The molecule has 1 aromatic carbocycles. The molecule has 0 bridgehead atoms. The monoisotopic (exact) mass is 328 g/mol. The molecule has 126 valence electrons. The van der Waals surface area contributed by atoms with E-state index in [9.17, 15) is 0 Å². The van der Waals surface area contributed by atoms with Gasteiger partial charge in [0.2, 0.25) is 5.95 Å². The summed E-state index contributed by atoms with van der Waals surface area (Å²) in [6.07, 6.45) is 1.73. The van der Waals surface area contributed by atoms with Crippen LogP contribution < -0.4 is 15.4 Å². The smallest absolute Gasteiger partial charge is 0.226 e. The van der Waals surface area contributed by atoms with Crippen molar-refractivity contribution in [3.05, 3.63) is 36.0 Å². The van der Waals surface area contributed by atoms with Gasteiger partial charge in [-0.3, -0.25) is 4.68 Å². The maximum atomic E-state index is 8.97. The van der Waals surface area contributed by atoms with Crippen molar-refractivity contribution in [2.75, 3.05) is 30.9 Å². The second-order valence-electron chi connectivity index (χ2n) is 5.22. The zero-order valence-electron chi connectivity index (χ0n) is 13.7. The van der Waals surface area contributed by atoms with Gasteiger partial charge in [0.1, 0.15) is 11.6 Å². The van der Waals surface area contributed by atoms with Crippen LogP contribution in [-0.2, 0) is 13.6 Å². The van der Waals surface area contributed by atoms with Crippen molar-refractivity contribution in [2.24, 2.45) is 7.05 Å². The summed E-state index contributed by atoms with van der Waals surface area (Å²) in [4.78, 5) is 8.91. The SMILES string of the molecule is COc1ccccc1CNc1nc(NCCO)nc2c1cnn2C. The summed E-state index contributed by atoms with van der Waals surface area (Å²) in [7, 11) is 3.48. The molecule has 0 saturated carbocycles. The van der Waals surface area contributed by atoms with E-state index < -0.39 is 0 Å². The molecule has 3 rings (SSSR count). The number of aliphatic hydroxyl groups excluding tert-OH is 1.